The molecule has 0 bridgehead atoms. The zero-order valence-electron chi connectivity index (χ0n) is 43.4. The summed E-state index contributed by atoms with van der Waals surface area (Å²) in [5.74, 6) is -0.667. The van der Waals surface area contributed by atoms with Crippen LogP contribution in [0.15, 0.2) is 72.5 Å². The number of amides is 6. The fraction of sp³-hybridized carbons (Fsp3) is 0.519. The summed E-state index contributed by atoms with van der Waals surface area (Å²) in [6, 6.07) is 13.1. The van der Waals surface area contributed by atoms with E-state index in [0.29, 0.717) is 63.2 Å². The van der Waals surface area contributed by atoms with Crippen molar-refractivity contribution in [3.8, 4) is 10.4 Å². The van der Waals surface area contributed by atoms with Crippen molar-refractivity contribution < 1.29 is 43.3 Å². The summed E-state index contributed by atoms with van der Waals surface area (Å²) in [6.07, 6.45) is 10.7. The van der Waals surface area contributed by atoms with E-state index < -0.39 is 41.3 Å². The summed E-state index contributed by atoms with van der Waals surface area (Å²) >= 11 is 1.56. The summed E-state index contributed by atoms with van der Waals surface area (Å²) in [5.41, 5.74) is 5.12. The third-order valence-electron chi connectivity index (χ3n) is 13.7. The zero-order valence-corrected chi connectivity index (χ0v) is 44.3. The lowest BCUT2D eigenvalue weighted by atomic mass is 9.85. The van der Waals surface area contributed by atoms with Gasteiger partial charge in [0, 0.05) is 83.8 Å². The van der Waals surface area contributed by atoms with Crippen molar-refractivity contribution in [2.45, 2.75) is 91.0 Å². The Labute approximate surface area is 442 Å². The number of aliphatic hydroxyl groups is 1. The van der Waals surface area contributed by atoms with Gasteiger partial charge < -0.3 is 50.1 Å². The highest BCUT2D eigenvalue weighted by molar-refractivity contribution is 7.13. The van der Waals surface area contributed by atoms with Crippen LogP contribution in [0.3, 0.4) is 0 Å². The maximum Gasteiger partial charge on any atom is 0.274 e. The number of aryl methyl sites for hydroxylation is 1. The predicted molar refractivity (Wildman–Crippen MR) is 283 cm³/mol. The maximum atomic E-state index is 14.0. The standard InChI is InChI=1S/C54H71N11O9S/c1-37-49(75-36-58-37)41-13-10-40(11-14-41)32-57-51(70)44-30-42(66)33-65(44)53(72)50(54(2,3)4)59-47(68)34-73-28-29-74-35-48(69)63-26-24-62(25-27-63)45-16-15-43(60-61-45)52(71)64-22-18-38(19-23-64)8-5-6-21-56-46(67)17-12-39-9-7-20-55-31-39/h7,9-17,20,31,36,38,42,44,50,66H,5-6,8,18-19,21-30,32-35H2,1-4H3,(H,56,67)(H,57,70)(H,59,68)/b17-12+/t42-,44+,50-/m1/s1. The number of piperidine rings is 1. The first kappa shape index (κ1) is 56.1. The number of benzene rings is 1. The van der Waals surface area contributed by atoms with Crippen LogP contribution in [0, 0.1) is 18.3 Å². The predicted octanol–water partition coefficient (Wildman–Crippen LogP) is 3.65. The van der Waals surface area contributed by atoms with Crippen LogP contribution in [0.2, 0.25) is 0 Å². The number of aromatic nitrogens is 4. The molecule has 3 aromatic heterocycles. The second kappa shape index (κ2) is 27.2. The first-order valence-electron chi connectivity index (χ1n) is 25.8. The molecule has 20 nitrogen and oxygen atoms in total. The molecule has 3 fully saturated rings. The van der Waals surface area contributed by atoms with Gasteiger partial charge >= 0.3 is 0 Å². The molecular weight excluding hydrogens is 979 g/mol. The molecule has 6 amide bonds. The molecule has 0 saturated carbocycles. The number of anilines is 1. The highest BCUT2D eigenvalue weighted by Gasteiger charge is 2.44. The Balaban J connectivity index is 0.740. The first-order valence-corrected chi connectivity index (χ1v) is 26.7. The molecule has 0 radical (unpaired) electrons. The third-order valence-corrected chi connectivity index (χ3v) is 14.7. The minimum Gasteiger partial charge on any atom is -0.391 e. The monoisotopic (exact) mass is 1050 g/mol. The van der Waals surface area contributed by atoms with Gasteiger partial charge in [-0.2, -0.15) is 0 Å². The Morgan fingerprint density at radius 1 is 0.880 bits per heavy atom. The number of pyridine rings is 1. The molecule has 7 rings (SSSR count). The average molecular weight is 1050 g/mol. The maximum absolute atomic E-state index is 14.0. The van der Waals surface area contributed by atoms with Crippen molar-refractivity contribution in [1.29, 1.82) is 0 Å². The van der Waals surface area contributed by atoms with Crippen LogP contribution in [-0.4, -0.2) is 172 Å². The number of carbonyl (C=O) groups is 6. The van der Waals surface area contributed by atoms with Crippen molar-refractivity contribution >= 4 is 58.7 Å². The molecule has 3 aliphatic rings. The number of nitrogens with one attached hydrogen (secondary N) is 3. The zero-order chi connectivity index (χ0) is 53.3. The molecule has 402 valence electrons. The molecule has 0 aliphatic carbocycles. The molecule has 4 aromatic rings. The minimum absolute atomic E-state index is 0.0309. The number of nitrogens with zero attached hydrogens (tertiary/aromatic N) is 8. The molecule has 0 spiro atoms. The van der Waals surface area contributed by atoms with Gasteiger partial charge in [0.05, 0.1) is 35.4 Å². The van der Waals surface area contributed by atoms with Crippen LogP contribution in [0.1, 0.15) is 86.6 Å². The smallest absolute Gasteiger partial charge is 0.274 e. The lowest BCUT2D eigenvalue weighted by molar-refractivity contribution is -0.144. The molecule has 75 heavy (non-hydrogen) atoms. The highest BCUT2D eigenvalue weighted by atomic mass is 32.1. The third kappa shape index (κ3) is 16.4. The van der Waals surface area contributed by atoms with E-state index >= 15 is 0 Å². The van der Waals surface area contributed by atoms with E-state index in [2.05, 4.69) is 36.1 Å². The molecular formula is C54H71N11O9S. The number of β-amino-alcohol motifs (C(OH)–C–C–N with tert-alkyl or cyclic N) is 1. The number of piperazine rings is 1. The summed E-state index contributed by atoms with van der Waals surface area (Å²) in [4.78, 5) is 95.3. The lowest BCUT2D eigenvalue weighted by Crippen LogP contribution is -2.58. The van der Waals surface area contributed by atoms with E-state index in [0.717, 1.165) is 59.4 Å². The van der Waals surface area contributed by atoms with Crippen molar-refractivity contribution in [2.24, 2.45) is 11.3 Å². The Hall–Kier alpha value is -6.68. The van der Waals surface area contributed by atoms with Crippen LogP contribution >= 0.6 is 11.3 Å². The molecule has 3 saturated heterocycles. The van der Waals surface area contributed by atoms with Crippen LogP contribution in [0.25, 0.3) is 16.5 Å². The Kier molecular flexibility index (Phi) is 20.3. The van der Waals surface area contributed by atoms with E-state index in [1.54, 1.807) is 52.3 Å². The van der Waals surface area contributed by atoms with Gasteiger partial charge in [0.15, 0.2) is 11.5 Å². The van der Waals surface area contributed by atoms with Crippen LogP contribution in [-0.2, 0) is 40.0 Å². The van der Waals surface area contributed by atoms with E-state index in [1.807, 2.05) is 73.9 Å². The van der Waals surface area contributed by atoms with E-state index in [1.165, 1.54) is 11.0 Å². The van der Waals surface area contributed by atoms with E-state index in [4.69, 9.17) is 9.47 Å². The number of unbranched alkanes of at least 4 members (excludes halogenated alkanes) is 1. The lowest BCUT2D eigenvalue weighted by Gasteiger charge is -2.35. The van der Waals surface area contributed by atoms with Crippen molar-refractivity contribution in [3.05, 3.63) is 95.0 Å². The summed E-state index contributed by atoms with van der Waals surface area (Å²) in [7, 11) is 0. The number of ether oxygens (including phenoxy) is 2. The van der Waals surface area contributed by atoms with Gasteiger partial charge in [-0.3, -0.25) is 33.8 Å². The largest absolute Gasteiger partial charge is 0.391 e. The van der Waals surface area contributed by atoms with Gasteiger partial charge in [-0.05, 0) is 78.5 Å². The molecule has 3 atom stereocenters. The number of hydrogen-bond acceptors (Lipinski definition) is 15. The van der Waals surface area contributed by atoms with E-state index in [-0.39, 0.29) is 63.7 Å². The van der Waals surface area contributed by atoms with Crippen molar-refractivity contribution in [2.75, 3.05) is 83.7 Å². The van der Waals surface area contributed by atoms with Gasteiger partial charge in [-0.1, -0.05) is 63.9 Å². The quantitative estimate of drug-likeness (QED) is 0.0650. The molecule has 21 heteroatoms. The average Bonchev–Trinajstić information content (AvgIpc) is 4.04. The number of rotatable bonds is 22. The Morgan fingerprint density at radius 2 is 1.63 bits per heavy atom. The topological polar surface area (TPSA) is 242 Å². The minimum atomic E-state index is -1.01. The van der Waals surface area contributed by atoms with Crippen molar-refractivity contribution in [3.63, 3.8) is 0 Å². The Bertz CT molecular complexity index is 2560. The van der Waals surface area contributed by atoms with Crippen molar-refractivity contribution in [1.82, 2.24) is 50.8 Å². The number of likely N-dealkylation sites (tertiary alicyclic amines) is 2. The summed E-state index contributed by atoms with van der Waals surface area (Å²) in [6.45, 7) is 11.1. The molecule has 6 heterocycles. The number of hydrogen-bond donors (Lipinski definition) is 4. The first-order chi connectivity index (χ1) is 36.1. The van der Waals surface area contributed by atoms with Gasteiger partial charge in [-0.15, -0.1) is 21.5 Å². The number of aliphatic hydroxyl groups excluding tert-OH is 1. The second-order valence-corrected chi connectivity index (χ2v) is 21.2. The van der Waals surface area contributed by atoms with Gasteiger partial charge in [0.2, 0.25) is 29.5 Å². The van der Waals surface area contributed by atoms with E-state index in [9.17, 15) is 33.9 Å². The fourth-order valence-corrected chi connectivity index (χ4v) is 10.2. The second-order valence-electron chi connectivity index (χ2n) is 20.3. The fourth-order valence-electron chi connectivity index (χ4n) is 9.37. The normalized spacial score (nSPS) is 17.8. The number of carbonyl (C=O) groups excluding carboxylic acids is 6. The summed E-state index contributed by atoms with van der Waals surface area (Å²) in [5, 5.41) is 27.8. The summed E-state index contributed by atoms with van der Waals surface area (Å²) < 4.78 is 11.1. The van der Waals surface area contributed by atoms with Crippen LogP contribution in [0.5, 0.6) is 0 Å². The van der Waals surface area contributed by atoms with Crippen LogP contribution < -0.4 is 20.9 Å². The van der Waals surface area contributed by atoms with Gasteiger partial charge in [0.1, 0.15) is 25.3 Å². The van der Waals surface area contributed by atoms with Gasteiger partial charge in [-0.25, -0.2) is 4.98 Å². The molecule has 0 unspecified atom stereocenters. The SMILES string of the molecule is Cc1ncsc1-c1ccc(CNC(=O)[C@@H]2C[C@@H](O)CN2C(=O)[C@@H](NC(=O)COCCOCC(=O)N2CCN(c3ccc(C(=O)N4CCC(CCCCNC(=O)/C=C/c5cccnc5)CC4)nn3)CC2)C(C)(C)C)cc1. The van der Waals surface area contributed by atoms with Crippen LogP contribution in [0.4, 0.5) is 5.82 Å². The Morgan fingerprint density at radius 3 is 2.29 bits per heavy atom. The molecule has 1 aromatic carbocycles. The van der Waals surface area contributed by atoms with Gasteiger partial charge in [0.25, 0.3) is 5.91 Å². The highest BCUT2D eigenvalue weighted by Crippen LogP contribution is 2.29. The number of thiazole rings is 1. The molecule has 4 N–H and O–H groups in total. The molecule has 3 aliphatic heterocycles.